The second kappa shape index (κ2) is 10.1. The van der Waals surface area contributed by atoms with Crippen LogP contribution in [0.15, 0.2) is 24.7 Å². The first kappa shape index (κ1) is 24.1. The number of hydrogen-bond acceptors (Lipinski definition) is 7. The van der Waals surface area contributed by atoms with Crippen molar-refractivity contribution in [1.29, 1.82) is 0 Å². The third kappa shape index (κ3) is 6.10. The molecule has 1 aliphatic carbocycles. The summed E-state index contributed by atoms with van der Waals surface area (Å²) in [6.07, 6.45) is 1.01. The van der Waals surface area contributed by atoms with E-state index < -0.39 is 17.6 Å². The van der Waals surface area contributed by atoms with Gasteiger partial charge in [0.1, 0.15) is 6.33 Å². The molecule has 2 aromatic rings. The van der Waals surface area contributed by atoms with Crippen LogP contribution in [0.25, 0.3) is 0 Å². The van der Waals surface area contributed by atoms with Crippen molar-refractivity contribution in [3.05, 3.63) is 41.7 Å². The molecule has 0 bridgehead atoms. The molecule has 1 amide bonds. The van der Waals surface area contributed by atoms with Crippen molar-refractivity contribution in [3.8, 4) is 0 Å². The van der Waals surface area contributed by atoms with Crippen molar-refractivity contribution >= 4 is 17.5 Å². The van der Waals surface area contributed by atoms with Crippen LogP contribution in [0, 0.1) is 11.7 Å². The maximum absolute atomic E-state index is 15.3. The van der Waals surface area contributed by atoms with Gasteiger partial charge < -0.3 is 16.0 Å². The normalized spacial score (nSPS) is 17.5. The quantitative estimate of drug-likeness (QED) is 0.532. The zero-order valence-electron chi connectivity index (χ0n) is 18.6. The summed E-state index contributed by atoms with van der Waals surface area (Å²) in [5, 5.41) is 3.08. The number of nitrogens with zero attached hydrogens (tertiary/aromatic N) is 5. The monoisotopic (exact) mass is 481 g/mol. The van der Waals surface area contributed by atoms with Crippen LogP contribution in [0.4, 0.5) is 29.2 Å². The highest BCUT2D eigenvalue weighted by Gasteiger charge is 2.34. The first-order valence-corrected chi connectivity index (χ1v) is 11.2. The summed E-state index contributed by atoms with van der Waals surface area (Å²) in [6.45, 7) is 2.43. The summed E-state index contributed by atoms with van der Waals surface area (Å²) >= 11 is 0. The van der Waals surface area contributed by atoms with Crippen molar-refractivity contribution in [2.45, 2.75) is 44.4 Å². The molecule has 0 aromatic carbocycles. The number of alkyl halides is 3. The number of pyridine rings is 1. The maximum Gasteiger partial charge on any atom is 0.417 e. The van der Waals surface area contributed by atoms with E-state index in [9.17, 15) is 18.0 Å². The number of rotatable bonds is 9. The number of likely N-dealkylation sites (tertiary alicyclic amines) is 1. The summed E-state index contributed by atoms with van der Waals surface area (Å²) in [7, 11) is 0. The Hall–Kier alpha value is -3.02. The van der Waals surface area contributed by atoms with Crippen LogP contribution in [0.3, 0.4) is 0 Å². The van der Waals surface area contributed by atoms with Gasteiger partial charge in [0.25, 0.3) is 0 Å². The van der Waals surface area contributed by atoms with E-state index in [-0.39, 0.29) is 36.7 Å². The van der Waals surface area contributed by atoms with Crippen molar-refractivity contribution in [2.24, 2.45) is 11.7 Å². The molecule has 0 unspecified atom stereocenters. The number of anilines is 2. The Balaban J connectivity index is 1.40. The molecule has 2 aliphatic rings. The summed E-state index contributed by atoms with van der Waals surface area (Å²) in [5.41, 5.74) is 4.82. The van der Waals surface area contributed by atoms with Crippen molar-refractivity contribution in [3.63, 3.8) is 0 Å². The van der Waals surface area contributed by atoms with E-state index in [0.29, 0.717) is 18.2 Å². The van der Waals surface area contributed by atoms with Crippen LogP contribution < -0.4 is 16.0 Å². The van der Waals surface area contributed by atoms with Gasteiger partial charge in [-0.15, -0.1) is 0 Å². The van der Waals surface area contributed by atoms with Crippen LogP contribution in [-0.4, -0.2) is 58.0 Å². The van der Waals surface area contributed by atoms with E-state index in [2.05, 4.69) is 20.3 Å². The molecule has 1 saturated heterocycles. The van der Waals surface area contributed by atoms with E-state index >= 15 is 4.39 Å². The maximum atomic E-state index is 15.3. The average molecular weight is 481 g/mol. The Morgan fingerprint density at radius 1 is 1.15 bits per heavy atom. The van der Waals surface area contributed by atoms with Crippen molar-refractivity contribution in [2.75, 3.05) is 36.4 Å². The smallest absolute Gasteiger partial charge is 0.369 e. The Labute approximate surface area is 194 Å². The lowest BCUT2D eigenvalue weighted by molar-refractivity contribution is -0.137. The largest absolute Gasteiger partial charge is 0.417 e. The summed E-state index contributed by atoms with van der Waals surface area (Å²) < 4.78 is 53.8. The summed E-state index contributed by atoms with van der Waals surface area (Å²) in [5.74, 6) is -0.433. The Kier molecular flexibility index (Phi) is 7.15. The first-order chi connectivity index (χ1) is 16.2. The number of amides is 1. The Bertz CT molecular complexity index is 990. The van der Waals surface area contributed by atoms with Gasteiger partial charge >= 0.3 is 6.18 Å². The van der Waals surface area contributed by atoms with Gasteiger partial charge in [-0.2, -0.15) is 17.6 Å². The van der Waals surface area contributed by atoms with E-state index in [1.54, 1.807) is 4.90 Å². The molecule has 0 atom stereocenters. The third-order valence-corrected chi connectivity index (χ3v) is 6.16. The highest BCUT2D eigenvalue weighted by Crippen LogP contribution is 2.35. The van der Waals surface area contributed by atoms with Crippen LogP contribution in [0.5, 0.6) is 0 Å². The van der Waals surface area contributed by atoms with Gasteiger partial charge in [-0.3, -0.25) is 14.7 Å². The van der Waals surface area contributed by atoms with Gasteiger partial charge in [-0.05, 0) is 56.8 Å². The second-order valence-electron chi connectivity index (χ2n) is 8.82. The molecule has 2 aromatic heterocycles. The standard InChI is InChI=1S/C22H27F4N7O/c23-19-20(29-9-14-5-7-32(8-6-14)12-18(27)34)30-13-31-21(19)33(17-3-4-17)11-16-2-1-15(10-28-16)22(24,25)26/h1-2,10,13-14,17H,3-9,11-12H2,(H2,27,34)(H,29,30,31). The first-order valence-electron chi connectivity index (χ1n) is 11.2. The van der Waals surface area contributed by atoms with Crippen LogP contribution in [0.1, 0.15) is 36.9 Å². The highest BCUT2D eigenvalue weighted by atomic mass is 19.4. The van der Waals surface area contributed by atoms with Gasteiger partial charge in [-0.25, -0.2) is 9.97 Å². The lowest BCUT2D eigenvalue weighted by Crippen LogP contribution is -2.40. The summed E-state index contributed by atoms with van der Waals surface area (Å²) in [6, 6.07) is 2.34. The molecular weight excluding hydrogens is 454 g/mol. The number of carbonyl (C=O) groups excluding carboxylic acids is 1. The number of primary amides is 1. The third-order valence-electron chi connectivity index (χ3n) is 6.16. The van der Waals surface area contributed by atoms with E-state index in [1.807, 2.05) is 4.90 Å². The van der Waals surface area contributed by atoms with E-state index in [4.69, 9.17) is 5.73 Å². The van der Waals surface area contributed by atoms with E-state index in [1.165, 1.54) is 12.4 Å². The number of aromatic nitrogens is 3. The number of hydrogen-bond donors (Lipinski definition) is 2. The second-order valence-corrected chi connectivity index (χ2v) is 8.82. The molecule has 8 nitrogen and oxygen atoms in total. The molecule has 1 saturated carbocycles. The molecule has 2 fully saturated rings. The molecule has 0 spiro atoms. The predicted octanol–water partition coefficient (Wildman–Crippen LogP) is 2.81. The molecule has 3 heterocycles. The van der Waals surface area contributed by atoms with Gasteiger partial charge in [-0.1, -0.05) is 0 Å². The average Bonchev–Trinajstić information content (AvgIpc) is 3.63. The minimum absolute atomic E-state index is 0.0518. The lowest BCUT2D eigenvalue weighted by Gasteiger charge is -2.31. The van der Waals surface area contributed by atoms with E-state index in [0.717, 1.165) is 51.0 Å². The molecule has 12 heteroatoms. The van der Waals surface area contributed by atoms with Gasteiger partial charge in [0.15, 0.2) is 11.6 Å². The SMILES string of the molecule is NC(=O)CN1CCC(CNc2ncnc(N(Cc3ccc(C(F)(F)F)cn3)C3CC3)c2F)CC1. The fraction of sp³-hybridized carbons (Fsp3) is 0.545. The molecule has 1 aliphatic heterocycles. The number of nitrogens with two attached hydrogens (primary N) is 1. The minimum Gasteiger partial charge on any atom is -0.369 e. The summed E-state index contributed by atoms with van der Waals surface area (Å²) in [4.78, 5) is 26.9. The number of carbonyl (C=O) groups is 1. The number of halogens is 4. The van der Waals surface area contributed by atoms with Gasteiger partial charge in [0.2, 0.25) is 11.7 Å². The fourth-order valence-corrected chi connectivity index (χ4v) is 4.12. The minimum atomic E-state index is -4.46. The van der Waals surface area contributed by atoms with Gasteiger partial charge in [0.05, 0.1) is 24.3 Å². The molecule has 0 radical (unpaired) electrons. The zero-order valence-corrected chi connectivity index (χ0v) is 18.6. The van der Waals surface area contributed by atoms with Crippen molar-refractivity contribution in [1.82, 2.24) is 19.9 Å². The molecule has 4 rings (SSSR count). The fourth-order valence-electron chi connectivity index (χ4n) is 4.12. The Morgan fingerprint density at radius 3 is 2.47 bits per heavy atom. The predicted molar refractivity (Wildman–Crippen MR) is 117 cm³/mol. The highest BCUT2D eigenvalue weighted by molar-refractivity contribution is 5.75. The molecule has 3 N–H and O–H groups in total. The zero-order chi connectivity index (χ0) is 24.3. The topological polar surface area (TPSA) is 100 Å². The van der Waals surface area contributed by atoms with Gasteiger partial charge in [0, 0.05) is 18.8 Å². The van der Waals surface area contributed by atoms with Crippen molar-refractivity contribution < 1.29 is 22.4 Å². The molecular formula is C22H27F4N7O. The molecule has 184 valence electrons. The number of piperidine rings is 1. The Morgan fingerprint density at radius 2 is 1.88 bits per heavy atom. The molecule has 34 heavy (non-hydrogen) atoms. The van der Waals surface area contributed by atoms with Crippen LogP contribution in [-0.2, 0) is 17.5 Å². The van der Waals surface area contributed by atoms with Crippen LogP contribution in [0.2, 0.25) is 0 Å². The van der Waals surface area contributed by atoms with Crippen LogP contribution >= 0.6 is 0 Å². The lowest BCUT2D eigenvalue weighted by atomic mass is 9.97. The number of nitrogens with one attached hydrogen (secondary N) is 1.